The van der Waals surface area contributed by atoms with Gasteiger partial charge in [-0.2, -0.15) is 5.10 Å². The summed E-state index contributed by atoms with van der Waals surface area (Å²) >= 11 is 0. The molecular formula is C19H27N7O. The van der Waals surface area contributed by atoms with Crippen LogP contribution in [0.25, 0.3) is 0 Å². The molecule has 1 aliphatic heterocycles. The Labute approximate surface area is 159 Å². The average molecular weight is 369 g/mol. The van der Waals surface area contributed by atoms with Gasteiger partial charge in [0, 0.05) is 44.1 Å². The lowest BCUT2D eigenvalue weighted by atomic mass is 10.2. The van der Waals surface area contributed by atoms with Crippen molar-refractivity contribution in [3.63, 3.8) is 0 Å². The van der Waals surface area contributed by atoms with Crippen LogP contribution < -0.4 is 10.2 Å². The van der Waals surface area contributed by atoms with Crippen LogP contribution in [-0.2, 0) is 4.79 Å². The van der Waals surface area contributed by atoms with Crippen LogP contribution in [0, 0.1) is 6.92 Å². The molecule has 8 nitrogen and oxygen atoms in total. The molecule has 0 atom stereocenters. The second-order valence-corrected chi connectivity index (χ2v) is 7.42. The zero-order valence-corrected chi connectivity index (χ0v) is 15.8. The number of anilines is 2. The highest BCUT2D eigenvalue weighted by molar-refractivity contribution is 5.92. The Bertz CT molecular complexity index is 762. The van der Waals surface area contributed by atoms with Crippen molar-refractivity contribution in [2.75, 3.05) is 42.9 Å². The van der Waals surface area contributed by atoms with Crippen molar-refractivity contribution in [1.29, 1.82) is 0 Å². The molecule has 0 radical (unpaired) electrons. The molecule has 4 rings (SSSR count). The van der Waals surface area contributed by atoms with Crippen molar-refractivity contribution >= 4 is 17.7 Å². The molecular weight excluding hydrogens is 342 g/mol. The van der Waals surface area contributed by atoms with Gasteiger partial charge >= 0.3 is 0 Å². The van der Waals surface area contributed by atoms with Crippen molar-refractivity contribution in [2.45, 2.75) is 38.6 Å². The van der Waals surface area contributed by atoms with Gasteiger partial charge in [-0.3, -0.25) is 9.69 Å². The van der Waals surface area contributed by atoms with Gasteiger partial charge in [0.1, 0.15) is 5.82 Å². The summed E-state index contributed by atoms with van der Waals surface area (Å²) in [6.07, 6.45) is 10.2. The summed E-state index contributed by atoms with van der Waals surface area (Å²) in [6.45, 7) is 5.72. The number of amides is 1. The van der Waals surface area contributed by atoms with E-state index >= 15 is 0 Å². The van der Waals surface area contributed by atoms with Gasteiger partial charge in [0.15, 0.2) is 0 Å². The highest BCUT2D eigenvalue weighted by Gasteiger charge is 2.24. The molecule has 2 fully saturated rings. The van der Waals surface area contributed by atoms with E-state index in [0.717, 1.165) is 56.4 Å². The Morgan fingerprint density at radius 1 is 1.15 bits per heavy atom. The van der Waals surface area contributed by atoms with Gasteiger partial charge in [0.25, 0.3) is 0 Å². The van der Waals surface area contributed by atoms with Gasteiger partial charge < -0.3 is 10.2 Å². The molecule has 27 heavy (non-hydrogen) atoms. The van der Waals surface area contributed by atoms with Gasteiger partial charge in [-0.15, -0.1) is 0 Å². The highest BCUT2D eigenvalue weighted by Crippen LogP contribution is 2.32. The lowest BCUT2D eigenvalue weighted by Gasteiger charge is -2.34. The molecule has 8 heteroatoms. The smallest absolute Gasteiger partial charge is 0.239 e. The first kappa shape index (κ1) is 17.9. The number of piperazine rings is 1. The third-order valence-corrected chi connectivity index (χ3v) is 5.48. The van der Waals surface area contributed by atoms with Crippen LogP contribution in [0.5, 0.6) is 0 Å². The van der Waals surface area contributed by atoms with Crippen LogP contribution >= 0.6 is 0 Å². The van der Waals surface area contributed by atoms with Crippen LogP contribution in [0.3, 0.4) is 0 Å². The summed E-state index contributed by atoms with van der Waals surface area (Å²) in [4.78, 5) is 25.6. The predicted molar refractivity (Wildman–Crippen MR) is 104 cm³/mol. The number of hydrogen-bond donors (Lipinski definition) is 1. The number of aryl methyl sites for hydroxylation is 1. The first-order chi connectivity index (χ1) is 13.2. The Balaban J connectivity index is 1.31. The van der Waals surface area contributed by atoms with Crippen molar-refractivity contribution in [3.05, 3.63) is 30.2 Å². The summed E-state index contributed by atoms with van der Waals surface area (Å²) in [6, 6.07) is 2.24. The molecule has 144 valence electrons. The fraction of sp³-hybridized carbons (Fsp3) is 0.579. The lowest BCUT2D eigenvalue weighted by Crippen LogP contribution is -2.49. The normalized spacial score (nSPS) is 18.8. The van der Waals surface area contributed by atoms with Crippen LogP contribution in [0.4, 0.5) is 11.8 Å². The Kier molecular flexibility index (Phi) is 5.33. The number of nitrogens with zero attached hydrogens (tertiary/aromatic N) is 6. The Hall–Kier alpha value is -2.48. The van der Waals surface area contributed by atoms with E-state index in [9.17, 15) is 4.79 Å². The van der Waals surface area contributed by atoms with E-state index < -0.39 is 0 Å². The zero-order valence-electron chi connectivity index (χ0n) is 15.8. The minimum absolute atomic E-state index is 0.0299. The zero-order chi connectivity index (χ0) is 18.6. The summed E-state index contributed by atoms with van der Waals surface area (Å²) in [5.41, 5.74) is 1.03. The first-order valence-corrected chi connectivity index (χ1v) is 9.79. The maximum absolute atomic E-state index is 12.6. The maximum Gasteiger partial charge on any atom is 0.239 e. The van der Waals surface area contributed by atoms with Gasteiger partial charge in [0.2, 0.25) is 11.9 Å². The van der Waals surface area contributed by atoms with E-state index in [1.807, 2.05) is 23.9 Å². The molecule has 1 aliphatic carbocycles. The van der Waals surface area contributed by atoms with Gasteiger partial charge in [0.05, 0.1) is 18.8 Å². The standard InChI is InChI=1S/C19H27N7O/c1-15-13-22-26(16-5-2-3-6-16)18(15)23-17(27)14-24-9-11-25(12-10-24)19-20-7-4-8-21-19/h4,7-8,13,16H,2-3,5-6,9-12,14H2,1H3,(H,23,27). The number of rotatable bonds is 5. The monoisotopic (exact) mass is 369 g/mol. The Morgan fingerprint density at radius 2 is 1.85 bits per heavy atom. The van der Waals surface area contributed by atoms with Crippen molar-refractivity contribution in [3.8, 4) is 0 Å². The van der Waals surface area contributed by atoms with Gasteiger partial charge in [-0.1, -0.05) is 12.8 Å². The van der Waals surface area contributed by atoms with E-state index in [-0.39, 0.29) is 5.91 Å². The molecule has 2 aromatic heterocycles. The number of aromatic nitrogens is 4. The maximum atomic E-state index is 12.6. The molecule has 2 aromatic rings. The second-order valence-electron chi connectivity index (χ2n) is 7.42. The van der Waals surface area contributed by atoms with Crippen LogP contribution in [0.2, 0.25) is 0 Å². The lowest BCUT2D eigenvalue weighted by molar-refractivity contribution is -0.117. The number of carbonyl (C=O) groups excluding carboxylic acids is 1. The van der Waals surface area contributed by atoms with E-state index in [4.69, 9.17) is 0 Å². The van der Waals surface area contributed by atoms with E-state index in [2.05, 4.69) is 30.2 Å². The molecule has 3 heterocycles. The summed E-state index contributed by atoms with van der Waals surface area (Å²) in [5.74, 6) is 1.66. The highest BCUT2D eigenvalue weighted by atomic mass is 16.2. The number of nitrogens with one attached hydrogen (secondary N) is 1. The van der Waals surface area contributed by atoms with Crippen LogP contribution in [-0.4, -0.2) is 63.3 Å². The fourth-order valence-electron chi connectivity index (χ4n) is 3.97. The quantitative estimate of drug-likeness (QED) is 0.867. The van der Waals surface area contributed by atoms with Gasteiger partial charge in [-0.05, 0) is 25.8 Å². The largest absolute Gasteiger partial charge is 0.338 e. The molecule has 0 bridgehead atoms. The molecule has 2 aliphatic rings. The molecule has 1 saturated heterocycles. The van der Waals surface area contributed by atoms with Crippen molar-refractivity contribution in [2.24, 2.45) is 0 Å². The minimum atomic E-state index is 0.0299. The van der Waals surface area contributed by atoms with E-state index in [0.29, 0.717) is 12.6 Å². The summed E-state index contributed by atoms with van der Waals surface area (Å²) in [7, 11) is 0. The molecule has 0 unspecified atom stereocenters. The Morgan fingerprint density at radius 3 is 2.56 bits per heavy atom. The topological polar surface area (TPSA) is 79.2 Å². The fourth-order valence-corrected chi connectivity index (χ4v) is 3.97. The van der Waals surface area contributed by atoms with Crippen LogP contribution in [0.15, 0.2) is 24.7 Å². The first-order valence-electron chi connectivity index (χ1n) is 9.79. The molecule has 0 aromatic carbocycles. The molecule has 0 spiro atoms. The predicted octanol–water partition coefficient (Wildman–Crippen LogP) is 1.86. The van der Waals surface area contributed by atoms with Gasteiger partial charge in [-0.25, -0.2) is 14.6 Å². The number of carbonyl (C=O) groups is 1. The third-order valence-electron chi connectivity index (χ3n) is 5.48. The van der Waals surface area contributed by atoms with E-state index in [1.54, 1.807) is 12.4 Å². The second kappa shape index (κ2) is 8.04. The molecule has 1 N–H and O–H groups in total. The average Bonchev–Trinajstić information content (AvgIpc) is 3.34. The van der Waals surface area contributed by atoms with Crippen molar-refractivity contribution in [1.82, 2.24) is 24.6 Å². The van der Waals surface area contributed by atoms with Crippen LogP contribution in [0.1, 0.15) is 37.3 Å². The molecule has 1 saturated carbocycles. The third kappa shape index (κ3) is 4.10. The summed E-state index contributed by atoms with van der Waals surface area (Å²) < 4.78 is 2.02. The van der Waals surface area contributed by atoms with Crippen molar-refractivity contribution < 1.29 is 4.79 Å². The van der Waals surface area contributed by atoms with E-state index in [1.165, 1.54) is 12.8 Å². The summed E-state index contributed by atoms with van der Waals surface area (Å²) in [5, 5.41) is 7.62. The minimum Gasteiger partial charge on any atom is -0.338 e. The SMILES string of the molecule is Cc1cnn(C2CCCC2)c1NC(=O)CN1CCN(c2ncccn2)CC1. The number of hydrogen-bond acceptors (Lipinski definition) is 6. The molecule has 1 amide bonds.